The van der Waals surface area contributed by atoms with Gasteiger partial charge in [-0.3, -0.25) is 4.79 Å². The first-order chi connectivity index (χ1) is 13.2. The van der Waals surface area contributed by atoms with E-state index in [1.807, 2.05) is 62.4 Å². The highest BCUT2D eigenvalue weighted by Gasteiger charge is 2.09. The molecular weight excluding hydrogens is 340 g/mol. The van der Waals surface area contributed by atoms with Crippen LogP contribution in [0.25, 0.3) is 0 Å². The Morgan fingerprint density at radius 2 is 1.93 bits per heavy atom. The van der Waals surface area contributed by atoms with E-state index in [0.29, 0.717) is 19.0 Å². The number of aromatic nitrogens is 2. The average molecular weight is 362 g/mol. The lowest BCUT2D eigenvalue weighted by Crippen LogP contribution is -2.24. The van der Waals surface area contributed by atoms with E-state index in [4.69, 9.17) is 4.74 Å². The summed E-state index contributed by atoms with van der Waals surface area (Å²) in [6.07, 6.45) is 2.99. The molecular formula is C21H22N4O2. The molecule has 0 saturated carbocycles. The summed E-state index contributed by atoms with van der Waals surface area (Å²) in [6, 6.07) is 15.6. The van der Waals surface area contributed by atoms with Gasteiger partial charge in [0.05, 0.1) is 24.7 Å². The first kappa shape index (κ1) is 18.4. The van der Waals surface area contributed by atoms with E-state index in [1.165, 1.54) is 12.4 Å². The molecule has 0 unspecified atom stereocenters. The number of nitrogens with zero attached hydrogens (tertiary/aromatic N) is 2. The molecule has 3 rings (SSSR count). The molecule has 0 fully saturated rings. The maximum Gasteiger partial charge on any atom is 0.271 e. The smallest absolute Gasteiger partial charge is 0.271 e. The van der Waals surface area contributed by atoms with Gasteiger partial charge in [-0.2, -0.15) is 0 Å². The van der Waals surface area contributed by atoms with E-state index in [1.54, 1.807) is 0 Å². The van der Waals surface area contributed by atoms with Crippen LogP contribution in [0.1, 0.15) is 28.5 Å². The molecule has 0 radical (unpaired) electrons. The second-order valence-corrected chi connectivity index (χ2v) is 6.01. The fourth-order valence-corrected chi connectivity index (χ4v) is 2.59. The summed E-state index contributed by atoms with van der Waals surface area (Å²) >= 11 is 0. The Balaban J connectivity index is 1.62. The lowest BCUT2D eigenvalue weighted by atomic mass is 10.1. The molecule has 0 aliphatic heterocycles. The van der Waals surface area contributed by atoms with Crippen LogP contribution in [0.3, 0.4) is 0 Å². The summed E-state index contributed by atoms with van der Waals surface area (Å²) in [4.78, 5) is 20.7. The van der Waals surface area contributed by atoms with Crippen LogP contribution in [-0.2, 0) is 6.54 Å². The highest BCUT2D eigenvalue weighted by Crippen LogP contribution is 2.26. The van der Waals surface area contributed by atoms with Crippen molar-refractivity contribution in [3.05, 3.63) is 77.7 Å². The summed E-state index contributed by atoms with van der Waals surface area (Å²) in [5.74, 6) is 1.02. The van der Waals surface area contributed by atoms with Gasteiger partial charge in [-0.25, -0.2) is 9.97 Å². The number of hydrogen-bond donors (Lipinski definition) is 2. The van der Waals surface area contributed by atoms with Crippen molar-refractivity contribution in [3.8, 4) is 5.75 Å². The quantitative estimate of drug-likeness (QED) is 0.667. The molecule has 138 valence electrons. The molecule has 0 spiro atoms. The standard InChI is InChI=1S/C21H22N4O2/c1-3-27-19-10-5-4-9-17(19)25-20-14-22-18(13-23-20)21(26)24-12-16-8-6-7-15(2)11-16/h4-11,13-14H,3,12H2,1-2H3,(H,23,25)(H,24,26). The van der Waals surface area contributed by atoms with E-state index < -0.39 is 0 Å². The predicted molar refractivity (Wildman–Crippen MR) is 105 cm³/mol. The van der Waals surface area contributed by atoms with Crippen LogP contribution in [0.15, 0.2) is 60.9 Å². The zero-order valence-corrected chi connectivity index (χ0v) is 15.4. The lowest BCUT2D eigenvalue weighted by Gasteiger charge is -2.11. The fourth-order valence-electron chi connectivity index (χ4n) is 2.59. The largest absolute Gasteiger partial charge is 0.492 e. The van der Waals surface area contributed by atoms with Crippen molar-refractivity contribution < 1.29 is 9.53 Å². The Morgan fingerprint density at radius 1 is 1.07 bits per heavy atom. The Bertz CT molecular complexity index is 910. The van der Waals surface area contributed by atoms with Crippen molar-refractivity contribution in [1.29, 1.82) is 0 Å². The zero-order valence-electron chi connectivity index (χ0n) is 15.4. The number of benzene rings is 2. The van der Waals surface area contributed by atoms with Gasteiger partial charge in [0.2, 0.25) is 0 Å². The van der Waals surface area contributed by atoms with Crippen molar-refractivity contribution >= 4 is 17.4 Å². The Morgan fingerprint density at radius 3 is 2.67 bits per heavy atom. The molecule has 2 N–H and O–H groups in total. The minimum Gasteiger partial charge on any atom is -0.492 e. The number of ether oxygens (including phenoxy) is 1. The van der Waals surface area contributed by atoms with Crippen LogP contribution in [-0.4, -0.2) is 22.5 Å². The molecule has 1 heterocycles. The number of rotatable bonds is 7. The van der Waals surface area contributed by atoms with Crippen LogP contribution in [0.4, 0.5) is 11.5 Å². The zero-order chi connectivity index (χ0) is 19.1. The van der Waals surface area contributed by atoms with E-state index in [-0.39, 0.29) is 11.6 Å². The molecule has 1 amide bonds. The van der Waals surface area contributed by atoms with Gasteiger partial charge in [-0.1, -0.05) is 42.0 Å². The average Bonchev–Trinajstić information content (AvgIpc) is 2.68. The SMILES string of the molecule is CCOc1ccccc1Nc1cnc(C(=O)NCc2cccc(C)c2)cn1. The summed E-state index contributed by atoms with van der Waals surface area (Å²) in [5, 5.41) is 6.01. The number of nitrogens with one attached hydrogen (secondary N) is 2. The number of carbonyl (C=O) groups excluding carboxylic acids is 1. The number of amides is 1. The van der Waals surface area contributed by atoms with Gasteiger partial charge in [0.1, 0.15) is 17.3 Å². The lowest BCUT2D eigenvalue weighted by molar-refractivity contribution is 0.0945. The van der Waals surface area contributed by atoms with Gasteiger partial charge in [0, 0.05) is 6.54 Å². The summed E-state index contributed by atoms with van der Waals surface area (Å²) in [7, 11) is 0. The topological polar surface area (TPSA) is 76.1 Å². The highest BCUT2D eigenvalue weighted by molar-refractivity contribution is 5.92. The molecule has 0 atom stereocenters. The maximum absolute atomic E-state index is 12.3. The molecule has 2 aromatic carbocycles. The fraction of sp³-hybridized carbons (Fsp3) is 0.190. The number of anilines is 2. The molecule has 6 nitrogen and oxygen atoms in total. The number of hydrogen-bond acceptors (Lipinski definition) is 5. The maximum atomic E-state index is 12.3. The highest BCUT2D eigenvalue weighted by atomic mass is 16.5. The number of carbonyl (C=O) groups is 1. The van der Waals surface area contributed by atoms with Crippen molar-refractivity contribution in [3.63, 3.8) is 0 Å². The Kier molecular flexibility index (Phi) is 5.99. The Hall–Kier alpha value is -3.41. The van der Waals surface area contributed by atoms with Gasteiger partial charge in [-0.05, 0) is 31.5 Å². The van der Waals surface area contributed by atoms with Crippen LogP contribution >= 0.6 is 0 Å². The van der Waals surface area contributed by atoms with E-state index in [9.17, 15) is 4.79 Å². The van der Waals surface area contributed by atoms with Crippen LogP contribution in [0.2, 0.25) is 0 Å². The number of para-hydroxylation sites is 2. The third kappa shape index (κ3) is 5.04. The molecule has 3 aromatic rings. The second kappa shape index (κ2) is 8.80. The first-order valence-corrected chi connectivity index (χ1v) is 8.80. The van der Waals surface area contributed by atoms with Crippen molar-refractivity contribution in [2.75, 3.05) is 11.9 Å². The molecule has 0 aliphatic carbocycles. The van der Waals surface area contributed by atoms with Crippen molar-refractivity contribution in [2.45, 2.75) is 20.4 Å². The molecule has 6 heteroatoms. The van der Waals surface area contributed by atoms with Crippen LogP contribution in [0.5, 0.6) is 5.75 Å². The Labute approximate surface area is 158 Å². The minimum absolute atomic E-state index is 0.259. The normalized spacial score (nSPS) is 10.3. The third-order valence-electron chi connectivity index (χ3n) is 3.87. The molecule has 0 bridgehead atoms. The molecule has 27 heavy (non-hydrogen) atoms. The predicted octanol–water partition coefficient (Wildman–Crippen LogP) is 3.86. The van der Waals surface area contributed by atoms with Crippen LogP contribution in [0, 0.1) is 6.92 Å². The van der Waals surface area contributed by atoms with Crippen LogP contribution < -0.4 is 15.4 Å². The van der Waals surface area contributed by atoms with Gasteiger partial charge >= 0.3 is 0 Å². The number of aryl methyl sites for hydroxylation is 1. The van der Waals surface area contributed by atoms with E-state index in [2.05, 4.69) is 20.6 Å². The first-order valence-electron chi connectivity index (χ1n) is 8.80. The van der Waals surface area contributed by atoms with Crippen molar-refractivity contribution in [2.24, 2.45) is 0 Å². The molecule has 1 aromatic heterocycles. The van der Waals surface area contributed by atoms with E-state index in [0.717, 1.165) is 22.6 Å². The monoisotopic (exact) mass is 362 g/mol. The summed E-state index contributed by atoms with van der Waals surface area (Å²) in [5.41, 5.74) is 3.27. The van der Waals surface area contributed by atoms with Gasteiger partial charge in [0.15, 0.2) is 0 Å². The van der Waals surface area contributed by atoms with Gasteiger partial charge in [-0.15, -0.1) is 0 Å². The van der Waals surface area contributed by atoms with Crippen molar-refractivity contribution in [1.82, 2.24) is 15.3 Å². The second-order valence-electron chi connectivity index (χ2n) is 6.01. The molecule has 0 aliphatic rings. The summed E-state index contributed by atoms with van der Waals surface area (Å²) in [6.45, 7) is 4.97. The molecule has 0 saturated heterocycles. The minimum atomic E-state index is -0.259. The van der Waals surface area contributed by atoms with Gasteiger partial charge in [0.25, 0.3) is 5.91 Å². The third-order valence-corrected chi connectivity index (χ3v) is 3.87. The van der Waals surface area contributed by atoms with Gasteiger partial charge < -0.3 is 15.4 Å². The van der Waals surface area contributed by atoms with E-state index >= 15 is 0 Å². The summed E-state index contributed by atoms with van der Waals surface area (Å²) < 4.78 is 5.58.